The Hall–Kier alpha value is -2.33. The molecule has 0 radical (unpaired) electrons. The normalized spacial score (nSPS) is 18.0. The van der Waals surface area contributed by atoms with Crippen LogP contribution in [0.2, 0.25) is 5.02 Å². The number of aromatic nitrogens is 2. The van der Waals surface area contributed by atoms with E-state index in [1.807, 2.05) is 29.2 Å². The molecule has 3 aromatic rings. The van der Waals surface area contributed by atoms with Crippen molar-refractivity contribution in [3.8, 4) is 0 Å². The second-order valence-electron chi connectivity index (χ2n) is 6.24. The third-order valence-electron chi connectivity index (χ3n) is 4.59. The van der Waals surface area contributed by atoms with Gasteiger partial charge in [0.1, 0.15) is 5.82 Å². The number of halogens is 1. The Labute approximate surface area is 145 Å². The number of benzene rings is 2. The summed E-state index contributed by atoms with van der Waals surface area (Å²) in [5.41, 5.74) is 2.71. The van der Waals surface area contributed by atoms with Crippen molar-refractivity contribution in [2.75, 3.05) is 13.1 Å². The first-order valence-electron chi connectivity index (χ1n) is 8.20. The summed E-state index contributed by atoms with van der Waals surface area (Å²) in [5, 5.41) is 0.644. The van der Waals surface area contributed by atoms with Crippen LogP contribution in [0.25, 0.3) is 11.0 Å². The zero-order valence-electron chi connectivity index (χ0n) is 13.2. The number of rotatable bonds is 2. The molecule has 1 N–H and O–H groups in total. The number of carbonyl (C=O) groups is 1. The quantitative estimate of drug-likeness (QED) is 0.759. The lowest BCUT2D eigenvalue weighted by Gasteiger charge is -2.32. The minimum absolute atomic E-state index is 0.0625. The molecule has 24 heavy (non-hydrogen) atoms. The number of aromatic amines is 1. The largest absolute Gasteiger partial charge is 0.342 e. The standard InChI is InChI=1S/C19H18ClN3O/c20-15-9-7-13(8-10-15)19(24)23-11-3-4-14(12-23)18-21-16-5-1-2-6-17(16)22-18/h1-2,5-10,14H,3-4,11-12H2,(H,21,22)/t14-/m1/s1. The van der Waals surface area contributed by atoms with E-state index in [0.29, 0.717) is 17.1 Å². The van der Waals surface area contributed by atoms with Gasteiger partial charge in [0.2, 0.25) is 0 Å². The Balaban J connectivity index is 1.54. The zero-order chi connectivity index (χ0) is 16.5. The smallest absolute Gasteiger partial charge is 0.253 e. The summed E-state index contributed by atoms with van der Waals surface area (Å²) in [6, 6.07) is 15.1. The van der Waals surface area contributed by atoms with Crippen molar-refractivity contribution < 1.29 is 4.79 Å². The van der Waals surface area contributed by atoms with E-state index in [-0.39, 0.29) is 11.8 Å². The maximum atomic E-state index is 12.7. The van der Waals surface area contributed by atoms with Crippen LogP contribution >= 0.6 is 11.6 Å². The number of hydrogen-bond donors (Lipinski definition) is 1. The van der Waals surface area contributed by atoms with Gasteiger partial charge in [0, 0.05) is 29.6 Å². The summed E-state index contributed by atoms with van der Waals surface area (Å²) in [6.07, 6.45) is 2.03. The number of carbonyl (C=O) groups excluding carboxylic acids is 1. The maximum Gasteiger partial charge on any atom is 0.253 e. The Morgan fingerprint density at radius 1 is 1.17 bits per heavy atom. The number of likely N-dealkylation sites (tertiary alicyclic amines) is 1. The Bertz CT molecular complexity index is 839. The van der Waals surface area contributed by atoms with Crippen molar-refractivity contribution in [2.45, 2.75) is 18.8 Å². The lowest BCUT2D eigenvalue weighted by Crippen LogP contribution is -2.39. The molecule has 1 atom stereocenters. The lowest BCUT2D eigenvalue weighted by molar-refractivity contribution is 0.0705. The van der Waals surface area contributed by atoms with Gasteiger partial charge in [0.05, 0.1) is 11.0 Å². The summed E-state index contributed by atoms with van der Waals surface area (Å²) in [6.45, 7) is 1.49. The molecule has 1 amide bonds. The minimum atomic E-state index is 0.0625. The number of hydrogen-bond acceptors (Lipinski definition) is 2. The Kier molecular flexibility index (Phi) is 3.98. The number of piperidine rings is 1. The number of nitrogens with zero attached hydrogens (tertiary/aromatic N) is 2. The lowest BCUT2D eigenvalue weighted by atomic mass is 9.96. The number of imidazole rings is 1. The second kappa shape index (κ2) is 6.29. The molecule has 1 saturated heterocycles. The highest BCUT2D eigenvalue weighted by Crippen LogP contribution is 2.27. The number of amides is 1. The Morgan fingerprint density at radius 2 is 1.96 bits per heavy atom. The van der Waals surface area contributed by atoms with Gasteiger partial charge in [-0.15, -0.1) is 0 Å². The van der Waals surface area contributed by atoms with Gasteiger partial charge in [0.15, 0.2) is 0 Å². The van der Waals surface area contributed by atoms with Crippen molar-refractivity contribution >= 4 is 28.5 Å². The molecule has 0 bridgehead atoms. The summed E-state index contributed by atoms with van der Waals surface area (Å²) in [5.74, 6) is 1.29. The first kappa shape index (κ1) is 15.2. The van der Waals surface area contributed by atoms with Gasteiger partial charge in [-0.05, 0) is 49.2 Å². The van der Waals surface area contributed by atoms with Crippen molar-refractivity contribution in [1.82, 2.24) is 14.9 Å². The van der Waals surface area contributed by atoms with Crippen molar-refractivity contribution in [1.29, 1.82) is 0 Å². The summed E-state index contributed by atoms with van der Waals surface area (Å²) in [7, 11) is 0. The minimum Gasteiger partial charge on any atom is -0.342 e. The fourth-order valence-corrected chi connectivity index (χ4v) is 3.45. The van der Waals surface area contributed by atoms with Crippen LogP contribution in [0.3, 0.4) is 0 Å². The van der Waals surface area contributed by atoms with Gasteiger partial charge in [-0.25, -0.2) is 4.98 Å². The van der Waals surface area contributed by atoms with Crippen molar-refractivity contribution in [3.63, 3.8) is 0 Å². The van der Waals surface area contributed by atoms with E-state index >= 15 is 0 Å². The highest BCUT2D eigenvalue weighted by Gasteiger charge is 2.27. The third-order valence-corrected chi connectivity index (χ3v) is 4.85. The highest BCUT2D eigenvalue weighted by atomic mass is 35.5. The van der Waals surface area contributed by atoms with E-state index in [0.717, 1.165) is 36.2 Å². The molecule has 0 unspecified atom stereocenters. The molecule has 0 saturated carbocycles. The molecule has 1 aliphatic heterocycles. The van der Waals surface area contributed by atoms with E-state index in [1.165, 1.54) is 0 Å². The summed E-state index contributed by atoms with van der Waals surface area (Å²) >= 11 is 5.91. The molecule has 5 heteroatoms. The number of para-hydroxylation sites is 2. The maximum absolute atomic E-state index is 12.7. The fraction of sp³-hybridized carbons (Fsp3) is 0.263. The average Bonchev–Trinajstić information content (AvgIpc) is 3.06. The first-order valence-corrected chi connectivity index (χ1v) is 8.58. The SMILES string of the molecule is O=C(c1ccc(Cl)cc1)N1CCC[C@@H](c2nc3ccccc3[nH]2)C1. The van der Waals surface area contributed by atoms with Crippen molar-refractivity contribution in [2.24, 2.45) is 0 Å². The molecule has 4 nitrogen and oxygen atoms in total. The molecule has 4 rings (SSSR count). The van der Waals surface area contributed by atoms with Gasteiger partial charge in [-0.2, -0.15) is 0 Å². The third kappa shape index (κ3) is 2.89. The molecule has 1 aliphatic rings. The van der Waals surface area contributed by atoms with Crippen LogP contribution in [0.5, 0.6) is 0 Å². The molecule has 2 aromatic carbocycles. The van der Waals surface area contributed by atoms with Crippen LogP contribution in [-0.2, 0) is 0 Å². The average molecular weight is 340 g/mol. The molecule has 0 aliphatic carbocycles. The van der Waals surface area contributed by atoms with Crippen molar-refractivity contribution in [3.05, 3.63) is 64.9 Å². The van der Waals surface area contributed by atoms with Crippen LogP contribution in [0, 0.1) is 0 Å². The van der Waals surface area contributed by atoms with Gasteiger partial charge in [0.25, 0.3) is 5.91 Å². The molecule has 1 aromatic heterocycles. The predicted octanol–water partition coefficient (Wildman–Crippen LogP) is 4.24. The summed E-state index contributed by atoms with van der Waals surface area (Å²) < 4.78 is 0. The monoisotopic (exact) mass is 339 g/mol. The number of nitrogens with one attached hydrogen (secondary N) is 1. The van der Waals surface area contributed by atoms with Gasteiger partial charge in [-0.3, -0.25) is 4.79 Å². The molecule has 1 fully saturated rings. The Morgan fingerprint density at radius 3 is 2.75 bits per heavy atom. The van der Waals surface area contributed by atoms with Gasteiger partial charge >= 0.3 is 0 Å². The first-order chi connectivity index (χ1) is 11.7. The molecule has 0 spiro atoms. The second-order valence-corrected chi connectivity index (χ2v) is 6.67. The van der Waals surface area contributed by atoms with E-state index in [9.17, 15) is 4.79 Å². The number of fused-ring (bicyclic) bond motifs is 1. The van der Waals surface area contributed by atoms with E-state index in [2.05, 4.69) is 4.98 Å². The predicted molar refractivity (Wildman–Crippen MR) is 95.4 cm³/mol. The van der Waals surface area contributed by atoms with Crippen LogP contribution < -0.4 is 0 Å². The van der Waals surface area contributed by atoms with Gasteiger partial charge < -0.3 is 9.88 Å². The van der Waals surface area contributed by atoms with Crippen LogP contribution in [0.15, 0.2) is 48.5 Å². The molecular weight excluding hydrogens is 322 g/mol. The summed E-state index contributed by atoms with van der Waals surface area (Å²) in [4.78, 5) is 22.7. The van der Waals surface area contributed by atoms with Crippen LogP contribution in [0.4, 0.5) is 0 Å². The van der Waals surface area contributed by atoms with Crippen LogP contribution in [-0.4, -0.2) is 33.9 Å². The van der Waals surface area contributed by atoms with E-state index < -0.39 is 0 Å². The fourth-order valence-electron chi connectivity index (χ4n) is 3.33. The topological polar surface area (TPSA) is 49.0 Å². The molecular formula is C19H18ClN3O. The van der Waals surface area contributed by atoms with Gasteiger partial charge in [-0.1, -0.05) is 23.7 Å². The zero-order valence-corrected chi connectivity index (χ0v) is 14.0. The molecule has 2 heterocycles. The molecule has 122 valence electrons. The highest BCUT2D eigenvalue weighted by molar-refractivity contribution is 6.30. The van der Waals surface area contributed by atoms with E-state index in [4.69, 9.17) is 16.6 Å². The number of H-pyrrole nitrogens is 1. The van der Waals surface area contributed by atoms with Crippen LogP contribution in [0.1, 0.15) is 34.9 Å². The van der Waals surface area contributed by atoms with E-state index in [1.54, 1.807) is 24.3 Å².